The number of hydrogen-bond acceptors (Lipinski definition) is 6. The third kappa shape index (κ3) is 4.57. The molecule has 0 radical (unpaired) electrons. The lowest BCUT2D eigenvalue weighted by atomic mass is 10.2. The molecule has 2 heterocycles. The number of ether oxygens (including phenoxy) is 2. The molecule has 9 heteroatoms. The van der Waals surface area contributed by atoms with Gasteiger partial charge in [-0.1, -0.05) is 0 Å². The molecule has 1 amide bonds. The summed E-state index contributed by atoms with van der Waals surface area (Å²) < 4.78 is 25.0. The normalized spacial score (nSPS) is 11.3. The molecule has 3 aromatic rings. The zero-order chi connectivity index (χ0) is 19.6. The molecule has 27 heavy (non-hydrogen) atoms. The number of pyridine rings is 1. The summed E-state index contributed by atoms with van der Waals surface area (Å²) in [4.78, 5) is 33.7. The van der Waals surface area contributed by atoms with Crippen molar-refractivity contribution in [2.24, 2.45) is 0 Å². The molecule has 0 unspecified atom stereocenters. The number of benzene rings is 1. The van der Waals surface area contributed by atoms with E-state index < -0.39 is 23.1 Å². The fourth-order valence-corrected chi connectivity index (χ4v) is 2.21. The molecule has 0 saturated heterocycles. The highest BCUT2D eigenvalue weighted by molar-refractivity contribution is 5.85. The first-order chi connectivity index (χ1) is 12.7. The zero-order valence-electron chi connectivity index (χ0n) is 14.9. The van der Waals surface area contributed by atoms with Crippen molar-refractivity contribution in [3.63, 3.8) is 0 Å². The predicted octanol–water partition coefficient (Wildman–Crippen LogP) is 3.60. The van der Waals surface area contributed by atoms with Gasteiger partial charge >= 0.3 is 6.09 Å². The van der Waals surface area contributed by atoms with Crippen LogP contribution in [0.3, 0.4) is 0 Å². The summed E-state index contributed by atoms with van der Waals surface area (Å²) >= 11 is 0. The van der Waals surface area contributed by atoms with Crippen LogP contribution in [0.2, 0.25) is 0 Å². The summed E-state index contributed by atoms with van der Waals surface area (Å²) in [5, 5.41) is 2.34. The van der Waals surface area contributed by atoms with E-state index in [0.717, 1.165) is 12.3 Å². The summed E-state index contributed by atoms with van der Waals surface area (Å²) in [5.41, 5.74) is -0.580. The second kappa shape index (κ2) is 7.02. The van der Waals surface area contributed by atoms with Gasteiger partial charge in [-0.2, -0.15) is 0 Å². The maximum atomic E-state index is 14.3. The second-order valence-corrected chi connectivity index (χ2v) is 6.63. The van der Waals surface area contributed by atoms with Crippen molar-refractivity contribution in [1.82, 2.24) is 15.0 Å². The lowest BCUT2D eigenvalue weighted by molar-refractivity contribution is 0.0635. The molecule has 1 aromatic carbocycles. The van der Waals surface area contributed by atoms with Gasteiger partial charge in [0.15, 0.2) is 17.2 Å². The Morgan fingerprint density at radius 2 is 2.00 bits per heavy atom. The van der Waals surface area contributed by atoms with Crippen molar-refractivity contribution >= 4 is 22.9 Å². The Morgan fingerprint density at radius 1 is 1.22 bits per heavy atom. The van der Waals surface area contributed by atoms with Crippen molar-refractivity contribution < 1.29 is 18.7 Å². The average Bonchev–Trinajstić information content (AvgIpc) is 2.56. The Hall–Kier alpha value is -3.49. The minimum atomic E-state index is -0.765. The van der Waals surface area contributed by atoms with Gasteiger partial charge in [0, 0.05) is 18.3 Å². The van der Waals surface area contributed by atoms with Gasteiger partial charge < -0.3 is 14.5 Å². The average molecular weight is 372 g/mol. The first-order valence-electron chi connectivity index (χ1n) is 8.03. The summed E-state index contributed by atoms with van der Waals surface area (Å²) in [5.74, 6) is -0.278. The summed E-state index contributed by atoms with van der Waals surface area (Å²) in [6.07, 6.45) is 1.80. The van der Waals surface area contributed by atoms with Crippen LogP contribution in [0.15, 0.2) is 41.5 Å². The number of anilines is 1. The van der Waals surface area contributed by atoms with Crippen LogP contribution < -0.4 is 15.6 Å². The van der Waals surface area contributed by atoms with E-state index in [-0.39, 0.29) is 22.8 Å². The number of nitrogens with zero attached hydrogens (tertiary/aromatic N) is 2. The molecular weight excluding hydrogens is 355 g/mol. The maximum absolute atomic E-state index is 14.3. The largest absolute Gasteiger partial charge is 0.455 e. The number of nitrogens with one attached hydrogen (secondary N) is 2. The summed E-state index contributed by atoms with van der Waals surface area (Å²) in [7, 11) is 0. The molecule has 0 bridgehead atoms. The van der Waals surface area contributed by atoms with Gasteiger partial charge in [-0.05, 0) is 32.9 Å². The molecule has 0 saturated carbocycles. The molecular formula is C18H17FN4O4. The number of rotatable bonds is 3. The Balaban J connectivity index is 1.82. The molecule has 0 spiro atoms. The van der Waals surface area contributed by atoms with Crippen LogP contribution in [0.4, 0.5) is 14.9 Å². The van der Waals surface area contributed by atoms with E-state index in [1.54, 1.807) is 20.8 Å². The third-order valence-electron chi connectivity index (χ3n) is 3.25. The van der Waals surface area contributed by atoms with E-state index in [9.17, 15) is 14.0 Å². The van der Waals surface area contributed by atoms with E-state index >= 15 is 0 Å². The molecule has 0 aliphatic heterocycles. The van der Waals surface area contributed by atoms with Gasteiger partial charge in [0.25, 0.3) is 5.56 Å². The van der Waals surface area contributed by atoms with Gasteiger partial charge in [-0.25, -0.2) is 19.2 Å². The van der Waals surface area contributed by atoms with Gasteiger partial charge in [-0.3, -0.25) is 10.1 Å². The fourth-order valence-electron chi connectivity index (χ4n) is 2.21. The van der Waals surface area contributed by atoms with Crippen molar-refractivity contribution in [3.8, 4) is 11.5 Å². The van der Waals surface area contributed by atoms with Crippen molar-refractivity contribution in [3.05, 3.63) is 52.8 Å². The molecule has 0 fully saturated rings. The topological polar surface area (TPSA) is 106 Å². The van der Waals surface area contributed by atoms with Crippen LogP contribution in [0, 0.1) is 5.82 Å². The number of hydrogen-bond donors (Lipinski definition) is 2. The molecule has 8 nitrogen and oxygen atoms in total. The number of amides is 1. The van der Waals surface area contributed by atoms with Crippen LogP contribution in [-0.2, 0) is 4.74 Å². The van der Waals surface area contributed by atoms with Gasteiger partial charge in [-0.15, -0.1) is 0 Å². The Labute approximate surface area is 153 Å². The molecule has 3 rings (SSSR count). The number of carbonyl (C=O) groups excluding carboxylic acids is 1. The van der Waals surface area contributed by atoms with E-state index in [1.807, 2.05) is 0 Å². The molecule has 0 atom stereocenters. The lowest BCUT2D eigenvalue weighted by Gasteiger charge is -2.19. The van der Waals surface area contributed by atoms with Gasteiger partial charge in [0.2, 0.25) is 0 Å². The lowest BCUT2D eigenvalue weighted by Crippen LogP contribution is -2.27. The number of carbonyl (C=O) groups is 1. The number of H-pyrrole nitrogens is 1. The second-order valence-electron chi connectivity index (χ2n) is 6.63. The maximum Gasteiger partial charge on any atom is 0.412 e. The van der Waals surface area contributed by atoms with Crippen molar-refractivity contribution in [2.75, 3.05) is 5.32 Å². The van der Waals surface area contributed by atoms with E-state index in [1.165, 1.54) is 24.4 Å². The predicted molar refractivity (Wildman–Crippen MR) is 96.5 cm³/mol. The molecule has 2 aromatic heterocycles. The zero-order valence-corrected chi connectivity index (χ0v) is 14.9. The number of halogens is 1. The van der Waals surface area contributed by atoms with E-state index in [0.29, 0.717) is 5.52 Å². The Morgan fingerprint density at radius 3 is 2.70 bits per heavy atom. The standard InChI is InChI=1S/C18H17FN4O4/c1-18(2,3)27-17(25)22-12-5-4-10(8-11(12)19)26-13-6-7-20-16-15(13)23-14(24)9-21-16/h4-9H,1-3H3,(H,22,25)(H,23,24). The summed E-state index contributed by atoms with van der Waals surface area (Å²) in [6.45, 7) is 5.12. The SMILES string of the molecule is CC(C)(C)OC(=O)Nc1ccc(Oc2ccnc3ncc(=O)[nH]c23)cc1F. The van der Waals surface area contributed by atoms with Crippen LogP contribution >= 0.6 is 0 Å². The quantitative estimate of drug-likeness (QED) is 0.728. The molecule has 0 aliphatic rings. The van der Waals surface area contributed by atoms with Gasteiger partial charge in [0.05, 0.1) is 11.9 Å². The van der Waals surface area contributed by atoms with E-state index in [4.69, 9.17) is 9.47 Å². The molecule has 140 valence electrons. The highest BCUT2D eigenvalue weighted by Crippen LogP contribution is 2.28. The van der Waals surface area contributed by atoms with Crippen molar-refractivity contribution in [1.29, 1.82) is 0 Å². The fraction of sp³-hybridized carbons (Fsp3) is 0.222. The Kier molecular flexibility index (Phi) is 4.76. The number of aromatic nitrogens is 3. The first-order valence-corrected chi connectivity index (χ1v) is 8.03. The number of aromatic amines is 1. The van der Waals surface area contributed by atoms with Crippen LogP contribution in [-0.4, -0.2) is 26.6 Å². The minimum absolute atomic E-state index is 0.0498. The van der Waals surface area contributed by atoms with E-state index in [2.05, 4.69) is 20.3 Å². The summed E-state index contributed by atoms with van der Waals surface area (Å²) in [6, 6.07) is 5.44. The van der Waals surface area contributed by atoms with Crippen LogP contribution in [0.1, 0.15) is 20.8 Å². The molecule has 2 N–H and O–H groups in total. The van der Waals surface area contributed by atoms with Crippen LogP contribution in [0.5, 0.6) is 11.5 Å². The third-order valence-corrected chi connectivity index (χ3v) is 3.25. The smallest absolute Gasteiger partial charge is 0.412 e. The van der Waals surface area contributed by atoms with Crippen LogP contribution in [0.25, 0.3) is 11.2 Å². The van der Waals surface area contributed by atoms with Crippen molar-refractivity contribution in [2.45, 2.75) is 26.4 Å². The van der Waals surface area contributed by atoms with Gasteiger partial charge in [0.1, 0.15) is 16.9 Å². The Bertz CT molecular complexity index is 1060. The monoisotopic (exact) mass is 372 g/mol. The molecule has 0 aliphatic carbocycles. The highest BCUT2D eigenvalue weighted by Gasteiger charge is 2.17. The minimum Gasteiger partial charge on any atom is -0.455 e. The first kappa shape index (κ1) is 18.3. The highest BCUT2D eigenvalue weighted by atomic mass is 19.1. The number of fused-ring (bicyclic) bond motifs is 1.